The van der Waals surface area contributed by atoms with Crippen LogP contribution in [0.4, 0.5) is 4.39 Å². The van der Waals surface area contributed by atoms with Gasteiger partial charge >= 0.3 is 0 Å². The van der Waals surface area contributed by atoms with Crippen molar-refractivity contribution in [3.63, 3.8) is 0 Å². The summed E-state index contributed by atoms with van der Waals surface area (Å²) in [6, 6.07) is 15.6. The van der Waals surface area contributed by atoms with E-state index in [0.717, 1.165) is 37.2 Å². The maximum Gasteiger partial charge on any atom is 0.213 e. The number of benzene rings is 2. The Bertz CT molecular complexity index is 1070. The van der Waals surface area contributed by atoms with Crippen molar-refractivity contribution in [2.45, 2.75) is 25.2 Å². The van der Waals surface area contributed by atoms with E-state index < -0.39 is 10.0 Å². The molecule has 2 fully saturated rings. The maximum atomic E-state index is 13.4. The maximum absolute atomic E-state index is 13.4. The molecule has 1 N–H and O–H groups in total. The van der Waals surface area contributed by atoms with Crippen LogP contribution < -0.4 is 4.72 Å². The second-order valence-corrected chi connectivity index (χ2v) is 10.7. The molecular formula is C24H29FN4O3S. The zero-order valence-corrected chi connectivity index (χ0v) is 19.3. The molecular weight excluding hydrogens is 443 g/mol. The van der Waals surface area contributed by atoms with Crippen LogP contribution in [0, 0.1) is 17.1 Å². The van der Waals surface area contributed by atoms with E-state index in [1.165, 1.54) is 6.07 Å². The van der Waals surface area contributed by atoms with Crippen LogP contribution in [0.2, 0.25) is 0 Å². The average Bonchev–Trinajstić information content (AvgIpc) is 2.80. The molecule has 0 amide bonds. The SMILES string of the molecule is N#Cc1ccc(CNS(=O)(=O)CCN2CC3CN(CCc4cccc(F)c4)CC(C2)O3)cc1. The number of nitrogens with zero attached hydrogens (tertiary/aromatic N) is 3. The molecule has 2 unspecified atom stereocenters. The van der Waals surface area contributed by atoms with Crippen LogP contribution in [0.1, 0.15) is 16.7 Å². The molecule has 0 aromatic heterocycles. The lowest BCUT2D eigenvalue weighted by molar-refractivity contribution is -0.137. The monoisotopic (exact) mass is 472 g/mol. The number of sulfonamides is 1. The van der Waals surface area contributed by atoms with Crippen LogP contribution in [0.25, 0.3) is 0 Å². The molecule has 9 heteroatoms. The van der Waals surface area contributed by atoms with Crippen molar-refractivity contribution in [1.29, 1.82) is 5.26 Å². The van der Waals surface area contributed by atoms with E-state index in [1.807, 2.05) is 12.1 Å². The highest BCUT2D eigenvalue weighted by Gasteiger charge is 2.34. The number of nitriles is 1. The number of ether oxygens (including phenoxy) is 1. The second-order valence-electron chi connectivity index (χ2n) is 8.73. The van der Waals surface area contributed by atoms with E-state index in [1.54, 1.807) is 36.4 Å². The first-order valence-corrected chi connectivity index (χ1v) is 12.8. The van der Waals surface area contributed by atoms with Gasteiger partial charge in [-0.1, -0.05) is 24.3 Å². The summed E-state index contributed by atoms with van der Waals surface area (Å²) in [5.74, 6) is -0.172. The minimum Gasteiger partial charge on any atom is -0.370 e. The summed E-state index contributed by atoms with van der Waals surface area (Å²) >= 11 is 0. The Kier molecular flexibility index (Phi) is 7.73. The van der Waals surface area contributed by atoms with Crippen LogP contribution in [0.3, 0.4) is 0 Å². The first-order chi connectivity index (χ1) is 15.9. The zero-order valence-electron chi connectivity index (χ0n) is 18.5. The van der Waals surface area contributed by atoms with Crippen molar-refractivity contribution in [2.24, 2.45) is 0 Å². The van der Waals surface area contributed by atoms with Gasteiger partial charge in [-0.15, -0.1) is 0 Å². The molecule has 2 aromatic rings. The van der Waals surface area contributed by atoms with Crippen molar-refractivity contribution in [2.75, 3.05) is 45.0 Å². The fraction of sp³-hybridized carbons (Fsp3) is 0.458. The number of nitrogens with one attached hydrogen (secondary N) is 1. The molecule has 176 valence electrons. The quantitative estimate of drug-likeness (QED) is 0.599. The molecule has 7 nitrogen and oxygen atoms in total. The van der Waals surface area contributed by atoms with Gasteiger partial charge in [0.25, 0.3) is 0 Å². The largest absolute Gasteiger partial charge is 0.370 e. The molecule has 33 heavy (non-hydrogen) atoms. The van der Waals surface area contributed by atoms with Gasteiger partial charge in [0.05, 0.1) is 29.6 Å². The lowest BCUT2D eigenvalue weighted by atomic mass is 10.1. The van der Waals surface area contributed by atoms with Gasteiger partial charge in [-0.3, -0.25) is 9.80 Å². The first kappa shape index (κ1) is 23.8. The Morgan fingerprint density at radius 2 is 1.67 bits per heavy atom. The summed E-state index contributed by atoms with van der Waals surface area (Å²) in [5, 5.41) is 8.85. The fourth-order valence-electron chi connectivity index (χ4n) is 4.42. The van der Waals surface area contributed by atoms with Gasteiger partial charge in [0.15, 0.2) is 0 Å². The Hall–Kier alpha value is -2.35. The lowest BCUT2D eigenvalue weighted by Crippen LogP contribution is -2.60. The van der Waals surface area contributed by atoms with Crippen molar-refractivity contribution in [1.82, 2.24) is 14.5 Å². The van der Waals surface area contributed by atoms with Gasteiger partial charge in [0.1, 0.15) is 5.82 Å². The Morgan fingerprint density at radius 3 is 2.30 bits per heavy atom. The van der Waals surface area contributed by atoms with Gasteiger partial charge in [-0.05, 0) is 41.8 Å². The van der Waals surface area contributed by atoms with E-state index >= 15 is 0 Å². The van der Waals surface area contributed by atoms with Crippen LogP contribution in [0.5, 0.6) is 0 Å². The topological polar surface area (TPSA) is 85.7 Å². The van der Waals surface area contributed by atoms with E-state index in [0.29, 0.717) is 25.2 Å². The van der Waals surface area contributed by atoms with E-state index in [2.05, 4.69) is 14.5 Å². The number of morpholine rings is 2. The molecule has 0 aliphatic carbocycles. The third-order valence-corrected chi connectivity index (χ3v) is 7.40. The highest BCUT2D eigenvalue weighted by molar-refractivity contribution is 7.89. The summed E-state index contributed by atoms with van der Waals surface area (Å²) in [7, 11) is -3.41. The summed E-state index contributed by atoms with van der Waals surface area (Å²) < 4.78 is 47.0. The highest BCUT2D eigenvalue weighted by Crippen LogP contribution is 2.19. The molecule has 2 atom stereocenters. The van der Waals surface area contributed by atoms with Gasteiger partial charge in [-0.2, -0.15) is 5.26 Å². The normalized spacial score (nSPS) is 21.6. The molecule has 2 saturated heterocycles. The molecule has 2 aromatic carbocycles. The first-order valence-electron chi connectivity index (χ1n) is 11.2. The molecule has 0 radical (unpaired) electrons. The van der Waals surface area contributed by atoms with Crippen LogP contribution in [-0.2, 0) is 27.7 Å². The number of hydrogen-bond acceptors (Lipinski definition) is 6. The van der Waals surface area contributed by atoms with Crippen molar-refractivity contribution in [3.05, 3.63) is 71.0 Å². The van der Waals surface area contributed by atoms with Crippen LogP contribution in [-0.4, -0.2) is 75.4 Å². The third kappa shape index (κ3) is 7.06. The number of hydrogen-bond donors (Lipinski definition) is 1. The Morgan fingerprint density at radius 1 is 1.00 bits per heavy atom. The summed E-state index contributed by atoms with van der Waals surface area (Å²) in [5.41, 5.74) is 2.36. The van der Waals surface area contributed by atoms with Gasteiger partial charge in [0, 0.05) is 45.8 Å². The van der Waals surface area contributed by atoms with E-state index in [9.17, 15) is 12.8 Å². The molecule has 0 saturated carbocycles. The fourth-order valence-corrected chi connectivity index (χ4v) is 5.45. The number of fused-ring (bicyclic) bond motifs is 2. The molecule has 0 spiro atoms. The summed E-state index contributed by atoms with van der Waals surface area (Å²) in [4.78, 5) is 4.53. The van der Waals surface area contributed by atoms with Crippen molar-refractivity contribution in [3.8, 4) is 6.07 Å². The van der Waals surface area contributed by atoms with Gasteiger partial charge in [0.2, 0.25) is 10.0 Å². The lowest BCUT2D eigenvalue weighted by Gasteiger charge is -2.45. The van der Waals surface area contributed by atoms with Crippen LogP contribution >= 0.6 is 0 Å². The Balaban J connectivity index is 1.20. The minimum absolute atomic E-state index is 0.0337. The third-order valence-electron chi connectivity index (χ3n) is 6.09. The van der Waals surface area contributed by atoms with Gasteiger partial charge in [-0.25, -0.2) is 17.5 Å². The standard InChI is InChI=1S/C24H29FN4O3S/c25-22-3-1-2-19(12-22)8-9-28-15-23-17-29(18-24(16-28)32-23)10-11-33(30,31)27-14-21-6-4-20(13-26)5-7-21/h1-7,12,23-24,27H,8-11,14-18H2. The highest BCUT2D eigenvalue weighted by atomic mass is 32.2. The van der Waals surface area contributed by atoms with E-state index in [-0.39, 0.29) is 30.3 Å². The predicted octanol–water partition coefficient (Wildman–Crippen LogP) is 1.74. The summed E-state index contributed by atoms with van der Waals surface area (Å²) in [6.45, 7) is 4.53. The van der Waals surface area contributed by atoms with Crippen LogP contribution in [0.15, 0.2) is 48.5 Å². The summed E-state index contributed by atoms with van der Waals surface area (Å²) in [6.07, 6.45) is 0.906. The molecule has 2 aliphatic heterocycles. The predicted molar refractivity (Wildman–Crippen MR) is 123 cm³/mol. The minimum atomic E-state index is -3.41. The zero-order chi connectivity index (χ0) is 23.3. The van der Waals surface area contributed by atoms with Gasteiger partial charge < -0.3 is 4.74 Å². The Labute approximate surface area is 194 Å². The molecule has 2 heterocycles. The smallest absolute Gasteiger partial charge is 0.213 e. The molecule has 2 bridgehead atoms. The van der Waals surface area contributed by atoms with E-state index in [4.69, 9.17) is 10.00 Å². The van der Waals surface area contributed by atoms with Crippen molar-refractivity contribution >= 4 is 10.0 Å². The molecule has 4 rings (SSSR count). The average molecular weight is 473 g/mol. The second kappa shape index (κ2) is 10.7. The van der Waals surface area contributed by atoms with Crippen molar-refractivity contribution < 1.29 is 17.5 Å². The molecule has 2 aliphatic rings. The number of halogens is 1. The number of rotatable bonds is 9.